The van der Waals surface area contributed by atoms with E-state index in [1.54, 1.807) is 24.3 Å². The zero-order valence-corrected chi connectivity index (χ0v) is 16.9. The van der Waals surface area contributed by atoms with Crippen LogP contribution in [0.4, 0.5) is 18.9 Å². The number of carbonyl (C=O) groups excluding carboxylic acids is 2. The first-order valence-electron chi connectivity index (χ1n) is 9.79. The number of rotatable bonds is 5. The maximum Gasteiger partial charge on any atom is 0.416 e. The van der Waals surface area contributed by atoms with Gasteiger partial charge in [0.05, 0.1) is 16.3 Å². The van der Waals surface area contributed by atoms with Crippen LogP contribution in [0.1, 0.15) is 53.6 Å². The topological polar surface area (TPSA) is 58.2 Å². The van der Waals surface area contributed by atoms with Crippen LogP contribution in [0, 0.1) is 5.92 Å². The Morgan fingerprint density at radius 3 is 2.30 bits per heavy atom. The third-order valence-electron chi connectivity index (χ3n) is 5.20. The summed E-state index contributed by atoms with van der Waals surface area (Å²) in [4.78, 5) is 24.6. The molecule has 1 fully saturated rings. The lowest BCUT2D eigenvalue weighted by atomic mass is 9.88. The summed E-state index contributed by atoms with van der Waals surface area (Å²) in [5, 5.41) is 5.34. The van der Waals surface area contributed by atoms with Crippen LogP contribution in [-0.4, -0.2) is 11.8 Å². The summed E-state index contributed by atoms with van der Waals surface area (Å²) < 4.78 is 38.6. The molecule has 1 saturated carbocycles. The monoisotopic (exact) mass is 438 g/mol. The highest BCUT2D eigenvalue weighted by molar-refractivity contribution is 6.34. The average Bonchev–Trinajstić information content (AvgIpc) is 2.73. The van der Waals surface area contributed by atoms with Crippen molar-refractivity contribution in [3.63, 3.8) is 0 Å². The molecule has 0 aliphatic heterocycles. The van der Waals surface area contributed by atoms with Crippen molar-refractivity contribution >= 4 is 29.1 Å². The van der Waals surface area contributed by atoms with Crippen molar-refractivity contribution in [2.24, 2.45) is 5.92 Å². The first-order valence-corrected chi connectivity index (χ1v) is 10.2. The molecule has 0 spiro atoms. The molecule has 160 valence electrons. The molecular weight excluding hydrogens is 417 g/mol. The Balaban J connectivity index is 1.59. The number of benzene rings is 2. The van der Waals surface area contributed by atoms with E-state index < -0.39 is 17.6 Å². The summed E-state index contributed by atoms with van der Waals surface area (Å²) >= 11 is 5.92. The van der Waals surface area contributed by atoms with E-state index in [0.29, 0.717) is 6.54 Å². The van der Waals surface area contributed by atoms with Gasteiger partial charge in [-0.1, -0.05) is 43.0 Å². The predicted molar refractivity (Wildman–Crippen MR) is 109 cm³/mol. The molecule has 0 heterocycles. The van der Waals surface area contributed by atoms with Crippen LogP contribution in [0.3, 0.4) is 0 Å². The van der Waals surface area contributed by atoms with E-state index in [0.717, 1.165) is 49.4 Å². The van der Waals surface area contributed by atoms with Crippen molar-refractivity contribution in [1.29, 1.82) is 0 Å². The van der Waals surface area contributed by atoms with Gasteiger partial charge >= 0.3 is 6.18 Å². The van der Waals surface area contributed by atoms with Crippen LogP contribution in [0.5, 0.6) is 0 Å². The Labute approximate surface area is 177 Å². The molecular formula is C22H22ClF3N2O2. The highest BCUT2D eigenvalue weighted by Gasteiger charge is 2.31. The quantitative estimate of drug-likeness (QED) is 0.619. The van der Waals surface area contributed by atoms with E-state index in [-0.39, 0.29) is 28.1 Å². The first kappa shape index (κ1) is 22.2. The van der Waals surface area contributed by atoms with E-state index in [4.69, 9.17) is 11.6 Å². The van der Waals surface area contributed by atoms with E-state index in [1.165, 1.54) is 6.42 Å². The van der Waals surface area contributed by atoms with Crippen molar-refractivity contribution in [2.75, 3.05) is 5.32 Å². The highest BCUT2D eigenvalue weighted by atomic mass is 35.5. The summed E-state index contributed by atoms with van der Waals surface area (Å²) in [5.41, 5.74) is 0.0882. The molecule has 0 bridgehead atoms. The lowest BCUT2D eigenvalue weighted by Gasteiger charge is -2.20. The minimum absolute atomic E-state index is 0.0124. The second-order valence-electron chi connectivity index (χ2n) is 7.40. The zero-order chi connectivity index (χ0) is 21.7. The van der Waals surface area contributed by atoms with Gasteiger partial charge in [-0.25, -0.2) is 0 Å². The maximum atomic E-state index is 12.9. The second-order valence-corrected chi connectivity index (χ2v) is 7.80. The van der Waals surface area contributed by atoms with Gasteiger partial charge in [0.15, 0.2) is 0 Å². The molecule has 1 aliphatic carbocycles. The van der Waals surface area contributed by atoms with Gasteiger partial charge < -0.3 is 10.6 Å². The minimum atomic E-state index is -4.53. The molecule has 2 aromatic carbocycles. The van der Waals surface area contributed by atoms with Gasteiger partial charge in [0, 0.05) is 18.0 Å². The van der Waals surface area contributed by atoms with Gasteiger partial charge in [0.2, 0.25) is 5.91 Å². The summed E-state index contributed by atoms with van der Waals surface area (Å²) in [6, 6.07) is 9.26. The van der Waals surface area contributed by atoms with E-state index in [1.807, 2.05) is 0 Å². The van der Waals surface area contributed by atoms with Crippen LogP contribution in [0.25, 0.3) is 0 Å². The fourth-order valence-electron chi connectivity index (χ4n) is 3.46. The zero-order valence-electron chi connectivity index (χ0n) is 16.2. The van der Waals surface area contributed by atoms with Gasteiger partial charge in [-0.3, -0.25) is 9.59 Å². The molecule has 30 heavy (non-hydrogen) atoms. The van der Waals surface area contributed by atoms with Crippen molar-refractivity contribution in [3.05, 3.63) is 64.2 Å². The number of nitrogens with one attached hydrogen (secondary N) is 2. The Morgan fingerprint density at radius 1 is 1.00 bits per heavy atom. The Bertz CT molecular complexity index is 908. The number of hydrogen-bond donors (Lipinski definition) is 2. The van der Waals surface area contributed by atoms with Crippen LogP contribution in [-0.2, 0) is 17.5 Å². The van der Waals surface area contributed by atoms with E-state index in [2.05, 4.69) is 10.6 Å². The molecule has 1 aliphatic rings. The fraction of sp³-hybridized carbons (Fsp3) is 0.364. The number of hydrogen-bond acceptors (Lipinski definition) is 2. The van der Waals surface area contributed by atoms with Crippen LogP contribution in [0.15, 0.2) is 42.5 Å². The number of amides is 2. The summed E-state index contributed by atoms with van der Waals surface area (Å²) in [5.74, 6) is -0.453. The summed E-state index contributed by atoms with van der Waals surface area (Å²) in [7, 11) is 0. The summed E-state index contributed by atoms with van der Waals surface area (Å²) in [6.07, 6.45) is 0.647. The Hall–Kier alpha value is -2.54. The maximum absolute atomic E-state index is 12.9. The smallest absolute Gasteiger partial charge is 0.352 e. The fourth-order valence-corrected chi connectivity index (χ4v) is 3.63. The Kier molecular flexibility index (Phi) is 7.02. The molecule has 2 aromatic rings. The van der Waals surface area contributed by atoms with Gasteiger partial charge in [-0.15, -0.1) is 0 Å². The molecule has 2 N–H and O–H groups in total. The molecule has 0 radical (unpaired) electrons. The first-order chi connectivity index (χ1) is 14.2. The molecule has 2 amide bonds. The van der Waals surface area contributed by atoms with Crippen molar-refractivity contribution in [3.8, 4) is 0 Å². The van der Waals surface area contributed by atoms with Gasteiger partial charge in [-0.05, 0) is 48.7 Å². The van der Waals surface area contributed by atoms with Gasteiger partial charge in [0.25, 0.3) is 5.91 Å². The van der Waals surface area contributed by atoms with Crippen molar-refractivity contribution in [2.45, 2.75) is 44.8 Å². The molecule has 0 saturated heterocycles. The third kappa shape index (κ3) is 5.75. The predicted octanol–water partition coefficient (Wildman–Crippen LogP) is 5.81. The minimum Gasteiger partial charge on any atom is -0.352 e. The van der Waals surface area contributed by atoms with Crippen molar-refractivity contribution in [1.82, 2.24) is 5.32 Å². The van der Waals surface area contributed by atoms with E-state index in [9.17, 15) is 22.8 Å². The molecule has 0 atom stereocenters. The average molecular weight is 439 g/mol. The number of anilines is 1. The van der Waals surface area contributed by atoms with Crippen LogP contribution < -0.4 is 10.6 Å². The van der Waals surface area contributed by atoms with Gasteiger partial charge in [0.1, 0.15) is 0 Å². The standard InChI is InChI=1S/C22H22ClF3N2O2/c23-18-11-10-17(22(24,25)26)12-19(18)28-21(30)16-8-6-14(7-9-16)13-27-20(29)15-4-2-1-3-5-15/h6-12,15H,1-5,13H2,(H,27,29)(H,28,30). The molecule has 0 aromatic heterocycles. The number of alkyl halides is 3. The largest absolute Gasteiger partial charge is 0.416 e. The normalized spacial score (nSPS) is 14.9. The number of halogens is 4. The molecule has 3 rings (SSSR count). The number of carbonyl (C=O) groups is 2. The second kappa shape index (κ2) is 9.51. The molecule has 4 nitrogen and oxygen atoms in total. The molecule has 0 unspecified atom stereocenters. The lowest BCUT2D eigenvalue weighted by molar-refractivity contribution is -0.137. The van der Waals surface area contributed by atoms with Crippen LogP contribution in [0.2, 0.25) is 5.02 Å². The van der Waals surface area contributed by atoms with Crippen LogP contribution >= 0.6 is 11.6 Å². The van der Waals surface area contributed by atoms with Crippen molar-refractivity contribution < 1.29 is 22.8 Å². The van der Waals surface area contributed by atoms with E-state index >= 15 is 0 Å². The molecule has 8 heteroatoms. The summed E-state index contributed by atoms with van der Waals surface area (Å²) in [6.45, 7) is 0.358. The lowest BCUT2D eigenvalue weighted by Crippen LogP contribution is -2.31. The van der Waals surface area contributed by atoms with Gasteiger partial charge in [-0.2, -0.15) is 13.2 Å². The highest BCUT2D eigenvalue weighted by Crippen LogP contribution is 2.34. The SMILES string of the molecule is O=C(Nc1cc(C(F)(F)F)ccc1Cl)c1ccc(CNC(=O)C2CCCCC2)cc1. The third-order valence-corrected chi connectivity index (χ3v) is 5.53. The Morgan fingerprint density at radius 2 is 1.67 bits per heavy atom.